The molecular formula is C19H25ClN4O3. The van der Waals surface area contributed by atoms with Gasteiger partial charge in [0.2, 0.25) is 17.7 Å². The molecule has 3 rings (SSSR count). The Labute approximate surface area is 164 Å². The van der Waals surface area contributed by atoms with Crippen molar-refractivity contribution in [1.82, 2.24) is 14.7 Å². The van der Waals surface area contributed by atoms with Crippen LogP contribution < -0.4 is 4.90 Å². The molecule has 2 fully saturated rings. The Morgan fingerprint density at radius 3 is 1.89 bits per heavy atom. The van der Waals surface area contributed by atoms with Crippen LogP contribution in [0.4, 0.5) is 5.69 Å². The van der Waals surface area contributed by atoms with E-state index in [1.165, 1.54) is 6.92 Å². The molecule has 2 heterocycles. The van der Waals surface area contributed by atoms with Crippen molar-refractivity contribution in [2.24, 2.45) is 0 Å². The minimum Gasteiger partial charge on any atom is -0.368 e. The Balaban J connectivity index is 1.45. The van der Waals surface area contributed by atoms with Crippen LogP contribution in [0.3, 0.4) is 0 Å². The van der Waals surface area contributed by atoms with Crippen LogP contribution in [0.2, 0.25) is 5.02 Å². The number of anilines is 1. The van der Waals surface area contributed by atoms with Crippen molar-refractivity contribution in [1.29, 1.82) is 0 Å². The van der Waals surface area contributed by atoms with Gasteiger partial charge in [0.25, 0.3) is 0 Å². The number of amides is 3. The van der Waals surface area contributed by atoms with E-state index in [-0.39, 0.29) is 24.1 Å². The molecule has 0 unspecified atom stereocenters. The molecule has 0 bridgehead atoms. The lowest BCUT2D eigenvalue weighted by molar-refractivity contribution is -0.144. The van der Waals surface area contributed by atoms with Crippen molar-refractivity contribution in [2.75, 3.05) is 57.3 Å². The van der Waals surface area contributed by atoms with Crippen LogP contribution in [0.15, 0.2) is 24.3 Å². The molecule has 146 valence electrons. The lowest BCUT2D eigenvalue weighted by atomic mass is 10.2. The van der Waals surface area contributed by atoms with Crippen molar-refractivity contribution in [3.8, 4) is 0 Å². The summed E-state index contributed by atoms with van der Waals surface area (Å²) in [4.78, 5) is 43.6. The van der Waals surface area contributed by atoms with Crippen LogP contribution in [0.25, 0.3) is 0 Å². The number of carbonyl (C=O) groups is 3. The number of piperazine rings is 2. The van der Waals surface area contributed by atoms with Crippen LogP contribution in [0.5, 0.6) is 0 Å². The molecule has 0 aromatic heterocycles. The van der Waals surface area contributed by atoms with Crippen molar-refractivity contribution < 1.29 is 14.4 Å². The average Bonchev–Trinajstić information content (AvgIpc) is 2.68. The number of hydrogen-bond donors (Lipinski definition) is 0. The Morgan fingerprint density at radius 2 is 1.37 bits per heavy atom. The molecule has 8 heteroatoms. The van der Waals surface area contributed by atoms with Crippen LogP contribution >= 0.6 is 11.6 Å². The van der Waals surface area contributed by atoms with E-state index in [1.807, 2.05) is 24.3 Å². The van der Waals surface area contributed by atoms with E-state index in [1.54, 1.807) is 14.7 Å². The fraction of sp³-hybridized carbons (Fsp3) is 0.526. The molecule has 7 nitrogen and oxygen atoms in total. The second kappa shape index (κ2) is 8.61. The zero-order valence-electron chi connectivity index (χ0n) is 15.6. The van der Waals surface area contributed by atoms with Gasteiger partial charge in [-0.2, -0.15) is 0 Å². The third-order valence-electron chi connectivity index (χ3n) is 5.19. The van der Waals surface area contributed by atoms with E-state index in [0.717, 1.165) is 18.8 Å². The van der Waals surface area contributed by atoms with Gasteiger partial charge in [-0.15, -0.1) is 0 Å². The van der Waals surface area contributed by atoms with Gasteiger partial charge >= 0.3 is 0 Å². The van der Waals surface area contributed by atoms with E-state index in [0.29, 0.717) is 44.3 Å². The zero-order valence-corrected chi connectivity index (χ0v) is 16.3. The largest absolute Gasteiger partial charge is 0.368 e. The summed E-state index contributed by atoms with van der Waals surface area (Å²) in [5.74, 6) is -0.254. The van der Waals surface area contributed by atoms with Crippen LogP contribution in [0.1, 0.15) is 13.3 Å². The highest BCUT2D eigenvalue weighted by atomic mass is 35.5. The van der Waals surface area contributed by atoms with Gasteiger partial charge in [-0.1, -0.05) is 17.7 Å². The minimum absolute atomic E-state index is 0.0238. The van der Waals surface area contributed by atoms with Crippen LogP contribution in [0, 0.1) is 0 Å². The monoisotopic (exact) mass is 392 g/mol. The highest BCUT2D eigenvalue weighted by Crippen LogP contribution is 2.21. The summed E-state index contributed by atoms with van der Waals surface area (Å²) in [5, 5.41) is 0.696. The lowest BCUT2D eigenvalue weighted by Crippen LogP contribution is -2.52. The Bertz CT molecular complexity index is 711. The molecule has 1 aromatic rings. The van der Waals surface area contributed by atoms with E-state index in [2.05, 4.69) is 4.90 Å². The second-order valence-corrected chi connectivity index (χ2v) is 7.35. The number of halogens is 1. The number of carbonyl (C=O) groups excluding carboxylic acids is 3. The Morgan fingerprint density at radius 1 is 0.852 bits per heavy atom. The van der Waals surface area contributed by atoms with Crippen LogP contribution in [-0.4, -0.2) is 84.8 Å². The molecule has 0 atom stereocenters. The molecule has 1 aromatic carbocycles. The minimum atomic E-state index is -0.152. The third-order valence-corrected chi connectivity index (χ3v) is 5.42. The van der Waals surface area contributed by atoms with Crippen LogP contribution in [-0.2, 0) is 14.4 Å². The van der Waals surface area contributed by atoms with Gasteiger partial charge in [0.15, 0.2) is 0 Å². The molecule has 0 saturated carbocycles. The first-order valence-electron chi connectivity index (χ1n) is 9.25. The summed E-state index contributed by atoms with van der Waals surface area (Å²) in [5.41, 5.74) is 1.05. The molecule has 0 radical (unpaired) electrons. The lowest BCUT2D eigenvalue weighted by Gasteiger charge is -2.37. The number of hydrogen-bond acceptors (Lipinski definition) is 4. The van der Waals surface area contributed by atoms with Crippen molar-refractivity contribution in [3.05, 3.63) is 29.3 Å². The van der Waals surface area contributed by atoms with Gasteiger partial charge < -0.3 is 19.6 Å². The highest BCUT2D eigenvalue weighted by molar-refractivity contribution is 6.30. The summed E-state index contributed by atoms with van der Waals surface area (Å²) in [7, 11) is 0. The number of benzene rings is 1. The molecule has 2 aliphatic heterocycles. The molecule has 0 spiro atoms. The highest BCUT2D eigenvalue weighted by Gasteiger charge is 2.27. The smallest absolute Gasteiger partial charge is 0.232 e. The standard InChI is InChI=1S/C19H25ClN4O3/c1-15(25)21-5-9-23(10-6-21)18(26)14-19(27)24-11-7-22(8-12-24)17-4-2-3-16(20)13-17/h2-4,13H,5-12,14H2,1H3. The second-order valence-electron chi connectivity index (χ2n) is 6.91. The first-order chi connectivity index (χ1) is 12.9. The summed E-state index contributed by atoms with van der Waals surface area (Å²) in [6.45, 7) is 6.22. The van der Waals surface area contributed by atoms with Crippen molar-refractivity contribution >= 4 is 35.0 Å². The predicted molar refractivity (Wildman–Crippen MR) is 104 cm³/mol. The maximum atomic E-state index is 12.5. The molecule has 0 aliphatic carbocycles. The first-order valence-corrected chi connectivity index (χ1v) is 9.63. The summed E-state index contributed by atoms with van der Waals surface area (Å²) < 4.78 is 0. The van der Waals surface area contributed by atoms with Gasteiger partial charge in [0, 0.05) is 70.0 Å². The molecule has 0 N–H and O–H groups in total. The summed E-state index contributed by atoms with van der Waals surface area (Å²) in [6.07, 6.45) is -0.1000. The van der Waals surface area contributed by atoms with Crippen molar-refractivity contribution in [3.63, 3.8) is 0 Å². The summed E-state index contributed by atoms with van der Waals surface area (Å²) in [6, 6.07) is 7.68. The predicted octanol–water partition coefficient (Wildman–Crippen LogP) is 1.07. The molecule has 27 heavy (non-hydrogen) atoms. The fourth-order valence-corrected chi connectivity index (χ4v) is 3.70. The van der Waals surface area contributed by atoms with Gasteiger partial charge in [-0.25, -0.2) is 0 Å². The number of rotatable bonds is 3. The Hall–Kier alpha value is -2.28. The molecule has 3 amide bonds. The molecule has 2 aliphatic rings. The topological polar surface area (TPSA) is 64.2 Å². The van der Waals surface area contributed by atoms with Gasteiger partial charge in [0.05, 0.1) is 0 Å². The van der Waals surface area contributed by atoms with Gasteiger partial charge in [-0.3, -0.25) is 14.4 Å². The van der Waals surface area contributed by atoms with E-state index < -0.39 is 0 Å². The molecule has 2 saturated heterocycles. The quantitative estimate of drug-likeness (QED) is 0.722. The SMILES string of the molecule is CC(=O)N1CCN(C(=O)CC(=O)N2CCN(c3cccc(Cl)c3)CC2)CC1. The maximum Gasteiger partial charge on any atom is 0.232 e. The fourth-order valence-electron chi connectivity index (χ4n) is 3.51. The Kier molecular flexibility index (Phi) is 6.21. The first kappa shape index (κ1) is 19.5. The van der Waals surface area contributed by atoms with Crippen molar-refractivity contribution in [2.45, 2.75) is 13.3 Å². The zero-order chi connectivity index (χ0) is 19.4. The van der Waals surface area contributed by atoms with E-state index in [9.17, 15) is 14.4 Å². The van der Waals surface area contributed by atoms with Gasteiger partial charge in [-0.05, 0) is 18.2 Å². The third kappa shape index (κ3) is 4.91. The summed E-state index contributed by atoms with van der Waals surface area (Å²) >= 11 is 6.05. The van der Waals surface area contributed by atoms with E-state index in [4.69, 9.17) is 11.6 Å². The average molecular weight is 393 g/mol. The van der Waals surface area contributed by atoms with E-state index >= 15 is 0 Å². The normalized spacial score (nSPS) is 17.9. The number of nitrogens with zero attached hydrogens (tertiary/aromatic N) is 4. The maximum absolute atomic E-state index is 12.5. The molecular weight excluding hydrogens is 368 g/mol. The van der Waals surface area contributed by atoms with Gasteiger partial charge in [0.1, 0.15) is 6.42 Å².